The number of nitrogens with zero attached hydrogens (tertiary/aromatic N) is 2. The first-order valence-corrected chi connectivity index (χ1v) is 6.16. The second kappa shape index (κ2) is 5.85. The van der Waals surface area contributed by atoms with E-state index in [0.717, 1.165) is 0 Å². The summed E-state index contributed by atoms with van der Waals surface area (Å²) in [6, 6.07) is -0.338. The third-order valence-corrected chi connectivity index (χ3v) is 3.32. The maximum absolute atomic E-state index is 12.6. The monoisotopic (exact) mass is 313 g/mol. The molecule has 0 spiro atoms. The summed E-state index contributed by atoms with van der Waals surface area (Å²) in [7, 11) is 0. The van der Waals surface area contributed by atoms with Gasteiger partial charge in [-0.15, -0.1) is 0 Å². The highest BCUT2D eigenvalue weighted by Crippen LogP contribution is 2.30. The maximum Gasteiger partial charge on any atom is 0.330 e. The lowest BCUT2D eigenvalue weighted by Gasteiger charge is -2.21. The molecule has 2 heterocycles. The minimum absolute atomic E-state index is 0.0182. The first-order chi connectivity index (χ1) is 9.75. The number of alkyl halides is 4. The SMILES string of the molecule is CC1(c2nc(COCC(F)(F)C(F)F)no2)COCC1N. The van der Waals surface area contributed by atoms with Crippen molar-refractivity contribution in [3.8, 4) is 0 Å². The molecule has 0 aromatic carbocycles. The minimum Gasteiger partial charge on any atom is -0.379 e. The van der Waals surface area contributed by atoms with Gasteiger partial charge in [0.25, 0.3) is 0 Å². The van der Waals surface area contributed by atoms with Crippen LogP contribution in [0.2, 0.25) is 0 Å². The van der Waals surface area contributed by atoms with Crippen LogP contribution in [-0.2, 0) is 21.5 Å². The second-order valence-corrected chi connectivity index (χ2v) is 5.11. The summed E-state index contributed by atoms with van der Waals surface area (Å²) in [4.78, 5) is 3.98. The summed E-state index contributed by atoms with van der Waals surface area (Å²) in [6.45, 7) is 0.519. The lowest BCUT2D eigenvalue weighted by molar-refractivity contribution is -0.168. The van der Waals surface area contributed by atoms with Crippen molar-refractivity contribution in [2.45, 2.75) is 37.3 Å². The van der Waals surface area contributed by atoms with Crippen LogP contribution in [0.1, 0.15) is 18.6 Å². The number of nitrogens with two attached hydrogens (primary N) is 1. The van der Waals surface area contributed by atoms with Crippen molar-refractivity contribution in [2.24, 2.45) is 5.73 Å². The molecule has 1 aliphatic rings. The van der Waals surface area contributed by atoms with E-state index in [9.17, 15) is 17.6 Å². The van der Waals surface area contributed by atoms with Crippen molar-refractivity contribution in [2.75, 3.05) is 19.8 Å². The minimum atomic E-state index is -4.21. The summed E-state index contributed by atoms with van der Waals surface area (Å²) in [5.41, 5.74) is 5.21. The Balaban J connectivity index is 1.92. The van der Waals surface area contributed by atoms with Gasteiger partial charge in [-0.2, -0.15) is 13.8 Å². The van der Waals surface area contributed by atoms with Gasteiger partial charge in [-0.05, 0) is 6.92 Å². The first-order valence-electron chi connectivity index (χ1n) is 6.16. The van der Waals surface area contributed by atoms with Crippen LogP contribution in [0.25, 0.3) is 0 Å². The third-order valence-electron chi connectivity index (χ3n) is 3.32. The molecule has 1 aromatic rings. The standard InChI is InChI=1S/C11H15F4N3O3/c1-10(4-19-2-6(10)16)9-17-7(18-21-9)3-20-5-11(14,15)8(12)13/h6,8H,2-5,16H2,1H3. The number of hydrogen-bond acceptors (Lipinski definition) is 6. The van der Waals surface area contributed by atoms with E-state index in [4.69, 9.17) is 15.0 Å². The van der Waals surface area contributed by atoms with Gasteiger partial charge in [-0.3, -0.25) is 0 Å². The Labute approximate surface area is 117 Å². The fourth-order valence-corrected chi connectivity index (χ4v) is 1.80. The molecule has 1 saturated heterocycles. The van der Waals surface area contributed by atoms with E-state index in [2.05, 4.69) is 14.9 Å². The molecule has 2 N–H and O–H groups in total. The van der Waals surface area contributed by atoms with Crippen LogP contribution in [0, 0.1) is 0 Å². The molecule has 1 fully saturated rings. The molecule has 1 aliphatic heterocycles. The van der Waals surface area contributed by atoms with Gasteiger partial charge in [0.15, 0.2) is 5.82 Å². The van der Waals surface area contributed by atoms with Crippen molar-refractivity contribution < 1.29 is 31.6 Å². The van der Waals surface area contributed by atoms with E-state index in [0.29, 0.717) is 13.2 Å². The molecule has 0 bridgehead atoms. The molecular formula is C11H15F4N3O3. The zero-order valence-electron chi connectivity index (χ0n) is 11.2. The number of halogens is 4. The Hall–Kier alpha value is -1.26. The fraction of sp³-hybridized carbons (Fsp3) is 0.818. The summed E-state index contributed by atoms with van der Waals surface area (Å²) >= 11 is 0. The second-order valence-electron chi connectivity index (χ2n) is 5.11. The number of aromatic nitrogens is 2. The quantitative estimate of drug-likeness (QED) is 0.792. The maximum atomic E-state index is 12.6. The molecule has 6 nitrogen and oxygen atoms in total. The first kappa shape index (κ1) is 16.1. The van der Waals surface area contributed by atoms with Crippen LogP contribution in [0.15, 0.2) is 4.52 Å². The average Bonchev–Trinajstić information content (AvgIpc) is 2.98. The van der Waals surface area contributed by atoms with E-state index in [-0.39, 0.29) is 17.8 Å². The molecule has 0 amide bonds. The van der Waals surface area contributed by atoms with Crippen molar-refractivity contribution in [3.05, 3.63) is 11.7 Å². The molecule has 0 aliphatic carbocycles. The van der Waals surface area contributed by atoms with Crippen LogP contribution in [0.3, 0.4) is 0 Å². The topological polar surface area (TPSA) is 83.4 Å². The molecule has 2 rings (SSSR count). The highest BCUT2D eigenvalue weighted by Gasteiger charge is 2.44. The van der Waals surface area contributed by atoms with Crippen LogP contribution in [-0.4, -0.2) is 48.4 Å². The van der Waals surface area contributed by atoms with Crippen LogP contribution < -0.4 is 5.73 Å². The van der Waals surface area contributed by atoms with Gasteiger partial charge in [0.05, 0.1) is 18.6 Å². The van der Waals surface area contributed by atoms with Crippen LogP contribution in [0.4, 0.5) is 17.6 Å². The summed E-state index contributed by atoms with van der Waals surface area (Å²) in [6.07, 6.45) is -3.79. The van der Waals surface area contributed by atoms with Crippen LogP contribution >= 0.6 is 0 Å². The molecule has 1 aromatic heterocycles. The molecular weight excluding hydrogens is 298 g/mol. The van der Waals surface area contributed by atoms with Gasteiger partial charge < -0.3 is 19.7 Å². The van der Waals surface area contributed by atoms with Gasteiger partial charge in [-0.25, -0.2) is 8.78 Å². The normalized spacial score (nSPS) is 26.7. The average molecular weight is 313 g/mol. The van der Waals surface area contributed by atoms with Crippen molar-refractivity contribution in [1.82, 2.24) is 10.1 Å². The smallest absolute Gasteiger partial charge is 0.330 e. The van der Waals surface area contributed by atoms with Gasteiger partial charge in [0, 0.05) is 6.04 Å². The van der Waals surface area contributed by atoms with Gasteiger partial charge in [-0.1, -0.05) is 5.16 Å². The summed E-state index contributed by atoms with van der Waals surface area (Å²) in [5.74, 6) is -4.03. The third kappa shape index (κ3) is 3.33. The Morgan fingerprint density at radius 1 is 1.52 bits per heavy atom. The van der Waals surface area contributed by atoms with Crippen molar-refractivity contribution >= 4 is 0 Å². The molecule has 120 valence electrons. The number of rotatable bonds is 6. The van der Waals surface area contributed by atoms with Gasteiger partial charge >= 0.3 is 12.3 Å². The van der Waals surface area contributed by atoms with Gasteiger partial charge in [0.2, 0.25) is 5.89 Å². The van der Waals surface area contributed by atoms with E-state index >= 15 is 0 Å². The van der Waals surface area contributed by atoms with Crippen LogP contribution in [0.5, 0.6) is 0 Å². The fourth-order valence-electron chi connectivity index (χ4n) is 1.80. The van der Waals surface area contributed by atoms with E-state index in [1.165, 1.54) is 0 Å². The zero-order valence-corrected chi connectivity index (χ0v) is 11.2. The predicted molar refractivity (Wildman–Crippen MR) is 61.1 cm³/mol. The molecule has 0 saturated carbocycles. The lowest BCUT2D eigenvalue weighted by Crippen LogP contribution is -2.42. The molecule has 2 unspecified atom stereocenters. The molecule has 10 heteroatoms. The van der Waals surface area contributed by atoms with Crippen molar-refractivity contribution in [1.29, 1.82) is 0 Å². The van der Waals surface area contributed by atoms with E-state index in [1.807, 2.05) is 0 Å². The highest BCUT2D eigenvalue weighted by atomic mass is 19.3. The Bertz CT molecular complexity index is 485. The van der Waals surface area contributed by atoms with Crippen molar-refractivity contribution in [3.63, 3.8) is 0 Å². The van der Waals surface area contributed by atoms with E-state index < -0.39 is 31.0 Å². The predicted octanol–water partition coefficient (Wildman–Crippen LogP) is 1.10. The number of hydrogen-bond donors (Lipinski definition) is 1. The Morgan fingerprint density at radius 3 is 2.81 bits per heavy atom. The molecule has 0 radical (unpaired) electrons. The molecule has 2 atom stereocenters. The largest absolute Gasteiger partial charge is 0.379 e. The Kier molecular flexibility index (Phi) is 4.49. The highest BCUT2D eigenvalue weighted by molar-refractivity contribution is 5.11. The molecule has 21 heavy (non-hydrogen) atoms. The summed E-state index contributed by atoms with van der Waals surface area (Å²) < 4.78 is 63.9. The lowest BCUT2D eigenvalue weighted by atomic mass is 9.86. The zero-order chi connectivity index (χ0) is 15.7. The Morgan fingerprint density at radius 2 is 2.24 bits per heavy atom. The van der Waals surface area contributed by atoms with Gasteiger partial charge in [0.1, 0.15) is 13.2 Å². The summed E-state index contributed by atoms with van der Waals surface area (Å²) in [5, 5.41) is 3.55. The number of ether oxygens (including phenoxy) is 2. The van der Waals surface area contributed by atoms with E-state index in [1.54, 1.807) is 6.92 Å².